The van der Waals surface area contributed by atoms with Gasteiger partial charge in [0.15, 0.2) is 5.65 Å². The van der Waals surface area contributed by atoms with E-state index in [1.165, 1.54) is 16.7 Å². The van der Waals surface area contributed by atoms with Gasteiger partial charge in [-0.25, -0.2) is 9.50 Å². The number of fused-ring (bicyclic) bond motifs is 2. The molecule has 1 aromatic carbocycles. The monoisotopic (exact) mass is 320 g/mol. The van der Waals surface area contributed by atoms with Crippen LogP contribution in [-0.2, 0) is 6.42 Å². The lowest BCUT2D eigenvalue weighted by Crippen LogP contribution is -2.31. The van der Waals surface area contributed by atoms with Gasteiger partial charge in [0.2, 0.25) is 0 Å². The molecule has 5 nitrogen and oxygen atoms in total. The summed E-state index contributed by atoms with van der Waals surface area (Å²) in [5.41, 5.74) is 5.81. The molecule has 0 fully saturated rings. The van der Waals surface area contributed by atoms with Crippen molar-refractivity contribution in [1.82, 2.24) is 19.9 Å². The number of nitrogens with zero attached hydrogens (tertiary/aromatic N) is 3. The molecule has 5 heteroatoms. The number of amides is 1. The first-order valence-electron chi connectivity index (χ1n) is 8.33. The summed E-state index contributed by atoms with van der Waals surface area (Å²) in [5, 5.41) is 7.41. The average molecular weight is 320 g/mol. The molecule has 2 aromatic heterocycles. The van der Waals surface area contributed by atoms with Crippen molar-refractivity contribution in [1.29, 1.82) is 0 Å². The van der Waals surface area contributed by atoms with Crippen molar-refractivity contribution in [2.75, 3.05) is 0 Å². The van der Waals surface area contributed by atoms with E-state index in [1.807, 2.05) is 19.2 Å². The molecule has 0 saturated carbocycles. The van der Waals surface area contributed by atoms with E-state index in [1.54, 1.807) is 10.7 Å². The number of carbonyl (C=O) groups is 1. The van der Waals surface area contributed by atoms with E-state index in [0.717, 1.165) is 25.0 Å². The molecule has 2 heterocycles. The molecular weight excluding hydrogens is 300 g/mol. The van der Waals surface area contributed by atoms with Crippen molar-refractivity contribution in [2.24, 2.45) is 0 Å². The maximum atomic E-state index is 12.8. The molecular formula is C19H20N4O. The number of aryl methyl sites for hydroxylation is 3. The Bertz CT molecular complexity index is 928. The smallest absolute Gasteiger partial charge is 0.257 e. The molecule has 1 N–H and O–H groups in total. The number of hydrogen-bond donors (Lipinski definition) is 1. The van der Waals surface area contributed by atoms with Crippen molar-refractivity contribution in [3.63, 3.8) is 0 Å². The van der Waals surface area contributed by atoms with Crippen molar-refractivity contribution in [3.05, 3.63) is 64.6 Å². The van der Waals surface area contributed by atoms with Gasteiger partial charge in [0.25, 0.3) is 5.91 Å². The van der Waals surface area contributed by atoms with Crippen LogP contribution in [0.25, 0.3) is 5.65 Å². The van der Waals surface area contributed by atoms with Gasteiger partial charge in [-0.15, -0.1) is 0 Å². The Kier molecular flexibility index (Phi) is 3.56. The molecule has 4 rings (SSSR count). The van der Waals surface area contributed by atoms with E-state index in [9.17, 15) is 4.79 Å². The zero-order chi connectivity index (χ0) is 16.7. The molecule has 1 amide bonds. The highest BCUT2D eigenvalue weighted by molar-refractivity contribution is 5.99. The highest BCUT2D eigenvalue weighted by Crippen LogP contribution is 2.30. The van der Waals surface area contributed by atoms with Crippen molar-refractivity contribution < 1.29 is 4.79 Å². The first kappa shape index (κ1) is 14.9. The summed E-state index contributed by atoms with van der Waals surface area (Å²) in [6, 6.07) is 8.45. The Morgan fingerprint density at radius 3 is 3.04 bits per heavy atom. The number of benzene rings is 1. The van der Waals surface area contributed by atoms with Gasteiger partial charge < -0.3 is 5.32 Å². The van der Waals surface area contributed by atoms with Gasteiger partial charge >= 0.3 is 0 Å². The van der Waals surface area contributed by atoms with Crippen LogP contribution in [0.15, 0.2) is 36.7 Å². The maximum Gasteiger partial charge on any atom is 0.257 e. The fourth-order valence-corrected chi connectivity index (χ4v) is 3.42. The van der Waals surface area contributed by atoms with Crippen LogP contribution in [-0.4, -0.2) is 20.5 Å². The predicted octanol–water partition coefficient (Wildman–Crippen LogP) is 3.15. The summed E-state index contributed by atoms with van der Waals surface area (Å²) in [4.78, 5) is 17.2. The summed E-state index contributed by atoms with van der Waals surface area (Å²) in [5.74, 6) is -0.109. The summed E-state index contributed by atoms with van der Waals surface area (Å²) in [7, 11) is 0. The second-order valence-corrected chi connectivity index (χ2v) is 6.52. The van der Waals surface area contributed by atoms with Crippen LogP contribution in [0.5, 0.6) is 0 Å². The van der Waals surface area contributed by atoms with Crippen LogP contribution in [0.4, 0.5) is 0 Å². The number of carbonyl (C=O) groups excluding carboxylic acids is 1. The van der Waals surface area contributed by atoms with E-state index < -0.39 is 0 Å². The predicted molar refractivity (Wildman–Crippen MR) is 92.0 cm³/mol. The highest BCUT2D eigenvalue weighted by Gasteiger charge is 2.24. The van der Waals surface area contributed by atoms with E-state index >= 15 is 0 Å². The zero-order valence-electron chi connectivity index (χ0n) is 13.9. The summed E-state index contributed by atoms with van der Waals surface area (Å²) in [6.07, 6.45) is 6.56. The standard InChI is InChI=1S/C19H20N4O/c1-12-6-7-14-4-3-5-17(15(14)10-12)22-19(24)16-11-20-23-9-8-13(2)21-18(16)23/h6-11,17H,3-5H2,1-2H3,(H,22,24). The molecule has 0 bridgehead atoms. The van der Waals surface area contributed by atoms with Gasteiger partial charge in [0.05, 0.1) is 12.2 Å². The van der Waals surface area contributed by atoms with Gasteiger partial charge in [-0.2, -0.15) is 5.10 Å². The molecule has 0 radical (unpaired) electrons. The SMILES string of the molecule is Cc1ccc2c(c1)C(NC(=O)c1cnn3ccc(C)nc13)CCC2. The molecule has 3 aromatic rings. The van der Waals surface area contributed by atoms with Crippen LogP contribution in [0, 0.1) is 13.8 Å². The van der Waals surface area contributed by atoms with Gasteiger partial charge in [-0.1, -0.05) is 23.8 Å². The molecule has 1 aliphatic carbocycles. The third kappa shape index (κ3) is 2.56. The molecule has 0 aliphatic heterocycles. The number of nitrogens with one attached hydrogen (secondary N) is 1. The number of rotatable bonds is 2. The molecule has 122 valence electrons. The lowest BCUT2D eigenvalue weighted by molar-refractivity contribution is 0.0934. The fourth-order valence-electron chi connectivity index (χ4n) is 3.42. The maximum absolute atomic E-state index is 12.8. The van der Waals surface area contributed by atoms with Crippen molar-refractivity contribution >= 4 is 11.6 Å². The lowest BCUT2D eigenvalue weighted by atomic mass is 9.86. The Morgan fingerprint density at radius 1 is 1.29 bits per heavy atom. The third-order valence-electron chi connectivity index (χ3n) is 4.67. The molecule has 0 spiro atoms. The normalized spacial score (nSPS) is 16.8. The minimum absolute atomic E-state index is 0.0564. The van der Waals surface area contributed by atoms with Crippen LogP contribution in [0.2, 0.25) is 0 Å². The number of aromatic nitrogens is 3. The average Bonchev–Trinajstić information content (AvgIpc) is 2.98. The van der Waals surface area contributed by atoms with E-state index in [4.69, 9.17) is 0 Å². The van der Waals surface area contributed by atoms with E-state index in [2.05, 4.69) is 40.5 Å². The summed E-state index contributed by atoms with van der Waals surface area (Å²) >= 11 is 0. The third-order valence-corrected chi connectivity index (χ3v) is 4.67. The molecule has 1 unspecified atom stereocenters. The Hall–Kier alpha value is -2.69. The highest BCUT2D eigenvalue weighted by atomic mass is 16.1. The molecule has 0 saturated heterocycles. The Balaban J connectivity index is 1.65. The minimum Gasteiger partial charge on any atom is -0.345 e. The number of hydrogen-bond acceptors (Lipinski definition) is 3. The van der Waals surface area contributed by atoms with Gasteiger partial charge in [0.1, 0.15) is 5.56 Å². The van der Waals surface area contributed by atoms with E-state index in [0.29, 0.717) is 11.2 Å². The second-order valence-electron chi connectivity index (χ2n) is 6.52. The van der Waals surface area contributed by atoms with Crippen LogP contribution < -0.4 is 5.32 Å². The molecule has 24 heavy (non-hydrogen) atoms. The van der Waals surface area contributed by atoms with E-state index in [-0.39, 0.29) is 11.9 Å². The second kappa shape index (κ2) is 5.74. The van der Waals surface area contributed by atoms with Crippen LogP contribution >= 0.6 is 0 Å². The first-order valence-corrected chi connectivity index (χ1v) is 8.33. The van der Waals surface area contributed by atoms with Gasteiger partial charge in [0, 0.05) is 11.9 Å². The Morgan fingerprint density at radius 2 is 2.17 bits per heavy atom. The fraction of sp³-hybridized carbons (Fsp3) is 0.316. The van der Waals surface area contributed by atoms with Gasteiger partial charge in [-0.3, -0.25) is 4.79 Å². The largest absolute Gasteiger partial charge is 0.345 e. The summed E-state index contributed by atoms with van der Waals surface area (Å²) < 4.78 is 1.64. The zero-order valence-corrected chi connectivity index (χ0v) is 13.9. The minimum atomic E-state index is -0.109. The first-order chi connectivity index (χ1) is 11.6. The quantitative estimate of drug-likeness (QED) is 0.789. The molecule has 1 atom stereocenters. The van der Waals surface area contributed by atoms with Crippen molar-refractivity contribution in [3.8, 4) is 0 Å². The lowest BCUT2D eigenvalue weighted by Gasteiger charge is -2.26. The van der Waals surface area contributed by atoms with Crippen LogP contribution in [0.3, 0.4) is 0 Å². The topological polar surface area (TPSA) is 59.3 Å². The van der Waals surface area contributed by atoms with Gasteiger partial charge in [-0.05, 0) is 50.3 Å². The summed E-state index contributed by atoms with van der Waals surface area (Å²) in [6.45, 7) is 4.00. The Labute approximate surface area is 140 Å². The van der Waals surface area contributed by atoms with Crippen molar-refractivity contribution in [2.45, 2.75) is 39.2 Å². The molecule has 1 aliphatic rings. The van der Waals surface area contributed by atoms with Crippen LogP contribution in [0.1, 0.15) is 51.6 Å².